The lowest BCUT2D eigenvalue weighted by molar-refractivity contribution is -0.394. The molecule has 0 saturated heterocycles. The highest BCUT2D eigenvalue weighted by Crippen LogP contribution is 2.32. The minimum absolute atomic E-state index is 0.0263. The Morgan fingerprint density at radius 1 is 1.12 bits per heavy atom. The molecule has 8 heteroatoms. The predicted molar refractivity (Wildman–Crippen MR) is 56.2 cm³/mol. The van der Waals surface area contributed by atoms with E-state index in [9.17, 15) is 25.0 Å². The third kappa shape index (κ3) is 2.05. The molecule has 0 atom stereocenters. The molecule has 1 aromatic rings. The molecule has 17 heavy (non-hydrogen) atoms. The highest BCUT2D eigenvalue weighted by Gasteiger charge is 2.29. The minimum Gasteiger partial charge on any atom is -0.477 e. The molecule has 1 N–H and O–H groups in total. The lowest BCUT2D eigenvalue weighted by atomic mass is 9.99. The highest BCUT2D eigenvalue weighted by atomic mass is 16.6. The van der Waals surface area contributed by atoms with Gasteiger partial charge < -0.3 is 5.11 Å². The summed E-state index contributed by atoms with van der Waals surface area (Å²) in [5.74, 6) is -1.48. The topological polar surface area (TPSA) is 124 Å². The fourth-order valence-corrected chi connectivity index (χ4v) is 1.49. The van der Waals surface area contributed by atoms with Crippen molar-refractivity contribution in [1.29, 1.82) is 0 Å². The Balaban J connectivity index is 3.75. The van der Waals surface area contributed by atoms with Gasteiger partial charge in [0.05, 0.1) is 15.9 Å². The summed E-state index contributed by atoms with van der Waals surface area (Å²) >= 11 is 0. The lowest BCUT2D eigenvalue weighted by Gasteiger charge is -2.06. The molecule has 1 rings (SSSR count). The van der Waals surface area contributed by atoms with E-state index in [1.54, 1.807) is 0 Å². The zero-order valence-electron chi connectivity index (χ0n) is 8.96. The second-order valence-electron chi connectivity index (χ2n) is 3.36. The number of rotatable bonds is 3. The second kappa shape index (κ2) is 4.16. The molecule has 1 aromatic carbocycles. The minimum atomic E-state index is -1.48. The van der Waals surface area contributed by atoms with E-state index in [4.69, 9.17) is 5.11 Å². The van der Waals surface area contributed by atoms with Gasteiger partial charge in [0.15, 0.2) is 0 Å². The fourth-order valence-electron chi connectivity index (χ4n) is 1.49. The van der Waals surface area contributed by atoms with Crippen LogP contribution in [0.25, 0.3) is 0 Å². The van der Waals surface area contributed by atoms with Gasteiger partial charge in [0.25, 0.3) is 11.4 Å². The Labute approximate surface area is 94.8 Å². The van der Waals surface area contributed by atoms with Crippen LogP contribution in [0.15, 0.2) is 6.07 Å². The number of carboxylic acids is 1. The third-order valence-electron chi connectivity index (χ3n) is 2.46. The average molecular weight is 240 g/mol. The van der Waals surface area contributed by atoms with E-state index in [1.165, 1.54) is 13.8 Å². The van der Waals surface area contributed by atoms with Crippen molar-refractivity contribution in [2.24, 2.45) is 0 Å². The smallest absolute Gasteiger partial charge is 0.343 e. The molecule has 0 aliphatic heterocycles. The number of nitro benzene ring substituents is 2. The predicted octanol–water partition coefficient (Wildman–Crippen LogP) is 1.82. The summed E-state index contributed by atoms with van der Waals surface area (Å²) in [6, 6.07) is 0.672. The zero-order chi connectivity index (χ0) is 13.3. The van der Waals surface area contributed by atoms with Crippen LogP contribution in [-0.4, -0.2) is 20.9 Å². The van der Waals surface area contributed by atoms with Crippen LogP contribution >= 0.6 is 0 Å². The van der Waals surface area contributed by atoms with Gasteiger partial charge in [0.2, 0.25) is 0 Å². The standard InChI is InChI=1S/C9H8N2O6/c1-4-5(2)8(9(12)13)7(11(16)17)3-6(4)10(14)15/h3H,1-2H3,(H,12,13). The first-order valence-electron chi connectivity index (χ1n) is 4.43. The second-order valence-corrected chi connectivity index (χ2v) is 3.36. The van der Waals surface area contributed by atoms with Crippen LogP contribution in [0.1, 0.15) is 21.5 Å². The van der Waals surface area contributed by atoms with Gasteiger partial charge in [-0.15, -0.1) is 0 Å². The fraction of sp³-hybridized carbons (Fsp3) is 0.222. The molecule has 90 valence electrons. The maximum atomic E-state index is 10.9. The quantitative estimate of drug-likeness (QED) is 0.634. The van der Waals surface area contributed by atoms with Crippen LogP contribution in [0, 0.1) is 34.1 Å². The molecule has 0 radical (unpaired) electrons. The van der Waals surface area contributed by atoms with Gasteiger partial charge in [-0.1, -0.05) is 0 Å². The number of carboxylic acid groups (broad SMARTS) is 1. The van der Waals surface area contributed by atoms with Gasteiger partial charge in [-0.05, 0) is 19.4 Å². The van der Waals surface area contributed by atoms with E-state index in [1.807, 2.05) is 0 Å². The number of carbonyl (C=O) groups is 1. The third-order valence-corrected chi connectivity index (χ3v) is 2.46. The molecular weight excluding hydrogens is 232 g/mol. The Morgan fingerprint density at radius 3 is 1.94 bits per heavy atom. The maximum Gasteiger partial charge on any atom is 0.343 e. The molecule has 0 saturated carbocycles. The first-order valence-corrected chi connectivity index (χ1v) is 4.43. The van der Waals surface area contributed by atoms with Gasteiger partial charge in [0.1, 0.15) is 5.56 Å². The summed E-state index contributed by atoms with van der Waals surface area (Å²) in [4.78, 5) is 30.5. The van der Waals surface area contributed by atoms with Crippen LogP contribution < -0.4 is 0 Å². The van der Waals surface area contributed by atoms with Gasteiger partial charge >= 0.3 is 5.97 Å². The Kier molecular flexibility index (Phi) is 3.07. The first-order chi connectivity index (χ1) is 7.77. The van der Waals surface area contributed by atoms with Crippen LogP contribution in [0.5, 0.6) is 0 Å². The molecule has 0 heterocycles. The highest BCUT2D eigenvalue weighted by molar-refractivity contribution is 5.95. The number of hydrogen-bond acceptors (Lipinski definition) is 5. The monoisotopic (exact) mass is 240 g/mol. The number of nitrogens with zero attached hydrogens (tertiary/aromatic N) is 2. The van der Waals surface area contributed by atoms with E-state index < -0.39 is 32.8 Å². The van der Waals surface area contributed by atoms with Crippen molar-refractivity contribution in [3.63, 3.8) is 0 Å². The summed E-state index contributed by atoms with van der Waals surface area (Å²) in [6.07, 6.45) is 0. The molecule has 0 aliphatic carbocycles. The average Bonchev–Trinajstić information content (AvgIpc) is 2.19. The van der Waals surface area contributed by atoms with Crippen molar-refractivity contribution in [1.82, 2.24) is 0 Å². The van der Waals surface area contributed by atoms with Crippen molar-refractivity contribution in [2.45, 2.75) is 13.8 Å². The maximum absolute atomic E-state index is 10.9. The van der Waals surface area contributed by atoms with Gasteiger partial charge in [0, 0.05) is 5.56 Å². The van der Waals surface area contributed by atoms with Gasteiger partial charge in [-0.3, -0.25) is 20.2 Å². The molecule has 0 unspecified atom stereocenters. The van der Waals surface area contributed by atoms with E-state index >= 15 is 0 Å². The van der Waals surface area contributed by atoms with Crippen LogP contribution in [0.4, 0.5) is 11.4 Å². The molecule has 0 aromatic heterocycles. The molecule has 0 amide bonds. The molecular formula is C9H8N2O6. The van der Waals surface area contributed by atoms with Crippen molar-refractivity contribution in [3.8, 4) is 0 Å². The number of benzene rings is 1. The Hall–Kier alpha value is -2.51. The zero-order valence-corrected chi connectivity index (χ0v) is 8.96. The normalized spacial score (nSPS) is 10.0. The SMILES string of the molecule is Cc1c([N+](=O)[O-])cc([N+](=O)[O-])c(C(=O)O)c1C. The van der Waals surface area contributed by atoms with E-state index in [0.29, 0.717) is 6.07 Å². The number of nitro groups is 2. The molecule has 0 bridgehead atoms. The van der Waals surface area contributed by atoms with Crippen LogP contribution in [0.3, 0.4) is 0 Å². The lowest BCUT2D eigenvalue weighted by Crippen LogP contribution is -2.08. The first kappa shape index (κ1) is 12.6. The van der Waals surface area contributed by atoms with Crippen molar-refractivity contribution in [2.75, 3.05) is 0 Å². The van der Waals surface area contributed by atoms with Gasteiger partial charge in [-0.25, -0.2) is 4.79 Å². The van der Waals surface area contributed by atoms with Crippen molar-refractivity contribution in [3.05, 3.63) is 43.0 Å². The molecule has 0 aliphatic rings. The molecule has 8 nitrogen and oxygen atoms in total. The summed E-state index contributed by atoms with van der Waals surface area (Å²) in [5.41, 5.74) is -1.61. The van der Waals surface area contributed by atoms with Gasteiger partial charge in [-0.2, -0.15) is 0 Å². The summed E-state index contributed by atoms with van der Waals surface area (Å²) in [6.45, 7) is 2.66. The van der Waals surface area contributed by atoms with Crippen molar-refractivity contribution >= 4 is 17.3 Å². The van der Waals surface area contributed by atoms with E-state index in [0.717, 1.165) is 0 Å². The summed E-state index contributed by atoms with van der Waals surface area (Å²) in [5, 5.41) is 30.2. The van der Waals surface area contributed by atoms with Crippen molar-refractivity contribution < 1.29 is 19.7 Å². The Bertz CT molecular complexity index is 537. The molecule has 0 fully saturated rings. The van der Waals surface area contributed by atoms with E-state index in [-0.39, 0.29) is 11.1 Å². The van der Waals surface area contributed by atoms with Crippen LogP contribution in [0.2, 0.25) is 0 Å². The summed E-state index contributed by atoms with van der Waals surface area (Å²) < 4.78 is 0. The van der Waals surface area contributed by atoms with Crippen LogP contribution in [-0.2, 0) is 0 Å². The largest absolute Gasteiger partial charge is 0.477 e. The summed E-state index contributed by atoms with van der Waals surface area (Å²) in [7, 11) is 0. The molecule has 0 spiro atoms. The Morgan fingerprint density at radius 2 is 1.59 bits per heavy atom. The number of aromatic carboxylic acids is 1. The van der Waals surface area contributed by atoms with E-state index in [2.05, 4.69) is 0 Å². The number of hydrogen-bond donors (Lipinski definition) is 1.